The fourth-order valence-corrected chi connectivity index (χ4v) is 4.16. The number of esters is 1. The van der Waals surface area contributed by atoms with Crippen LogP contribution < -0.4 is 4.74 Å². The van der Waals surface area contributed by atoms with E-state index in [0.29, 0.717) is 18.4 Å². The lowest BCUT2D eigenvalue weighted by atomic mass is 9.84. The second-order valence-corrected chi connectivity index (χ2v) is 8.18. The lowest BCUT2D eigenvalue weighted by Gasteiger charge is -2.20. The summed E-state index contributed by atoms with van der Waals surface area (Å²) in [6, 6.07) is 5.15. The van der Waals surface area contributed by atoms with Gasteiger partial charge in [0.05, 0.1) is 10.5 Å². The third-order valence-corrected chi connectivity index (χ3v) is 6.06. The molecule has 0 bridgehead atoms. The lowest BCUT2D eigenvalue weighted by Crippen LogP contribution is -2.29. The highest BCUT2D eigenvalue weighted by Gasteiger charge is 2.61. The van der Waals surface area contributed by atoms with E-state index in [0.717, 1.165) is 18.4 Å². The Kier molecular flexibility index (Phi) is 5.53. The van der Waals surface area contributed by atoms with Crippen LogP contribution in [-0.4, -0.2) is 41.5 Å². The van der Waals surface area contributed by atoms with Crippen molar-refractivity contribution in [1.29, 1.82) is 0 Å². The zero-order valence-electron chi connectivity index (χ0n) is 17.1. The molecule has 9 nitrogen and oxygen atoms in total. The number of hydrogen-bond donors (Lipinski definition) is 0. The Balaban J connectivity index is 1.36. The second kappa shape index (κ2) is 8.14. The Bertz CT molecular complexity index is 953. The monoisotopic (exact) mass is 429 g/mol. The van der Waals surface area contributed by atoms with Gasteiger partial charge in [-0.05, 0) is 50.3 Å². The minimum absolute atomic E-state index is 0.0471. The first kappa shape index (κ1) is 21.0. The van der Waals surface area contributed by atoms with Crippen LogP contribution >= 0.6 is 0 Å². The Hall–Kier alpha value is -3.20. The number of fused-ring (bicyclic) bond motifs is 3. The molecule has 31 heavy (non-hydrogen) atoms. The number of carbonyl (C=O) groups excluding carboxylic acids is 2. The summed E-state index contributed by atoms with van der Waals surface area (Å²) >= 11 is 0. The van der Waals surface area contributed by atoms with Gasteiger partial charge in [-0.2, -0.15) is 0 Å². The van der Waals surface area contributed by atoms with Gasteiger partial charge in [0.1, 0.15) is 24.6 Å². The topological polar surface area (TPSA) is 118 Å². The van der Waals surface area contributed by atoms with E-state index < -0.39 is 11.1 Å². The SMILES string of the molecule is C=C1C(=O)O[C@H]2[C@H]1CCC(COC(=O)Oc1ccc([N+](=O)[O-])cc1)=CCC[C@@]1(C)O[C@@H]21. The number of nitro groups is 1. The van der Waals surface area contributed by atoms with Crippen molar-refractivity contribution in [1.82, 2.24) is 0 Å². The normalized spacial score (nSPS) is 29.7. The van der Waals surface area contributed by atoms with Gasteiger partial charge in [0.2, 0.25) is 0 Å². The average molecular weight is 429 g/mol. The average Bonchev–Trinajstić information content (AvgIpc) is 3.32. The molecule has 3 aliphatic rings. The minimum Gasteiger partial charge on any atom is -0.455 e. The summed E-state index contributed by atoms with van der Waals surface area (Å²) in [5, 5.41) is 10.7. The molecule has 0 unspecified atom stereocenters. The highest BCUT2D eigenvalue weighted by atomic mass is 16.7. The van der Waals surface area contributed by atoms with Gasteiger partial charge in [0.25, 0.3) is 5.69 Å². The summed E-state index contributed by atoms with van der Waals surface area (Å²) < 4.78 is 21.7. The third-order valence-electron chi connectivity index (χ3n) is 6.06. The van der Waals surface area contributed by atoms with Gasteiger partial charge in [0, 0.05) is 23.6 Å². The van der Waals surface area contributed by atoms with Crippen molar-refractivity contribution in [3.63, 3.8) is 0 Å². The van der Waals surface area contributed by atoms with E-state index in [1.54, 1.807) is 0 Å². The van der Waals surface area contributed by atoms with Crippen LogP contribution in [0.1, 0.15) is 32.6 Å². The number of hydrogen-bond acceptors (Lipinski definition) is 8. The number of ether oxygens (including phenoxy) is 4. The zero-order chi connectivity index (χ0) is 22.2. The first-order valence-corrected chi connectivity index (χ1v) is 10.1. The van der Waals surface area contributed by atoms with Crippen LogP contribution in [0.25, 0.3) is 0 Å². The van der Waals surface area contributed by atoms with Gasteiger partial charge in [-0.3, -0.25) is 10.1 Å². The second-order valence-electron chi connectivity index (χ2n) is 8.18. The molecule has 164 valence electrons. The van der Waals surface area contributed by atoms with Crippen LogP contribution in [0.5, 0.6) is 5.75 Å². The van der Waals surface area contributed by atoms with Gasteiger partial charge in [0.15, 0.2) is 0 Å². The van der Waals surface area contributed by atoms with E-state index in [2.05, 4.69) is 6.58 Å². The highest BCUT2D eigenvalue weighted by Crippen LogP contribution is 2.49. The summed E-state index contributed by atoms with van der Waals surface area (Å²) in [6.45, 7) is 5.95. The molecular weight excluding hydrogens is 406 g/mol. The molecule has 9 heteroatoms. The molecule has 2 fully saturated rings. The number of rotatable bonds is 4. The maximum Gasteiger partial charge on any atom is 0.514 e. The Labute approximate surface area is 178 Å². The number of non-ortho nitro benzene ring substituents is 1. The molecule has 1 aliphatic carbocycles. The van der Waals surface area contributed by atoms with Crippen LogP contribution in [0.3, 0.4) is 0 Å². The molecule has 4 atom stereocenters. The molecule has 0 saturated carbocycles. The first-order valence-electron chi connectivity index (χ1n) is 10.1. The van der Waals surface area contributed by atoms with Crippen LogP contribution in [0.15, 0.2) is 48.1 Å². The fourth-order valence-electron chi connectivity index (χ4n) is 4.16. The van der Waals surface area contributed by atoms with E-state index in [-0.39, 0.29) is 47.7 Å². The molecule has 1 aromatic rings. The van der Waals surface area contributed by atoms with Crippen LogP contribution in [-0.2, 0) is 19.0 Å². The van der Waals surface area contributed by atoms with Crippen molar-refractivity contribution in [2.75, 3.05) is 6.61 Å². The lowest BCUT2D eigenvalue weighted by molar-refractivity contribution is -0.384. The molecule has 0 N–H and O–H groups in total. The first-order chi connectivity index (χ1) is 14.8. The highest BCUT2D eigenvalue weighted by molar-refractivity contribution is 5.91. The Morgan fingerprint density at radius 2 is 2.10 bits per heavy atom. The zero-order valence-corrected chi connectivity index (χ0v) is 17.1. The van der Waals surface area contributed by atoms with Crippen molar-refractivity contribution in [3.05, 3.63) is 58.2 Å². The fraction of sp³-hybridized carbons (Fsp3) is 0.455. The van der Waals surface area contributed by atoms with E-state index in [1.165, 1.54) is 24.3 Å². The number of nitrogens with zero attached hydrogens (tertiary/aromatic N) is 1. The van der Waals surface area contributed by atoms with Crippen molar-refractivity contribution >= 4 is 17.8 Å². The minimum atomic E-state index is -0.897. The molecule has 2 aliphatic heterocycles. The molecule has 0 radical (unpaired) electrons. The standard InChI is InChI=1S/C22H23NO8/c1-13-17-10-5-14(4-3-11-22(2)19(31-22)18(17)30-20(13)24)12-28-21(25)29-16-8-6-15(7-9-16)23(26)27/h4,6-9,17-19H,1,3,5,10-12H2,2H3/t17-,18-,19-,22+/m0/s1. The predicted octanol–water partition coefficient (Wildman–Crippen LogP) is 3.87. The molecule has 2 saturated heterocycles. The number of allylic oxidation sites excluding steroid dienone is 1. The van der Waals surface area contributed by atoms with E-state index in [4.69, 9.17) is 18.9 Å². The summed E-state index contributed by atoms with van der Waals surface area (Å²) in [4.78, 5) is 34.2. The predicted molar refractivity (Wildman–Crippen MR) is 107 cm³/mol. The van der Waals surface area contributed by atoms with Crippen molar-refractivity contribution in [3.8, 4) is 5.75 Å². The molecule has 2 heterocycles. The van der Waals surface area contributed by atoms with Crippen molar-refractivity contribution in [2.24, 2.45) is 5.92 Å². The number of nitro benzene ring substituents is 1. The summed E-state index contributed by atoms with van der Waals surface area (Å²) in [6.07, 6.45) is 3.47. The molecule has 1 aromatic carbocycles. The van der Waals surface area contributed by atoms with Crippen LogP contribution in [0, 0.1) is 16.0 Å². The van der Waals surface area contributed by atoms with Gasteiger partial charge < -0.3 is 18.9 Å². The number of carbonyl (C=O) groups is 2. The van der Waals surface area contributed by atoms with E-state index in [1.807, 2.05) is 13.0 Å². The third kappa shape index (κ3) is 4.46. The maximum atomic E-state index is 12.0. The van der Waals surface area contributed by atoms with E-state index >= 15 is 0 Å². The molecule has 4 rings (SSSR count). The van der Waals surface area contributed by atoms with Crippen LogP contribution in [0.2, 0.25) is 0 Å². The summed E-state index contributed by atoms with van der Waals surface area (Å²) in [5.41, 5.74) is 0.940. The summed E-state index contributed by atoms with van der Waals surface area (Å²) in [7, 11) is 0. The summed E-state index contributed by atoms with van der Waals surface area (Å²) in [5.74, 6) is -0.352. The van der Waals surface area contributed by atoms with Crippen molar-refractivity contribution < 1.29 is 33.5 Å². The van der Waals surface area contributed by atoms with Crippen molar-refractivity contribution in [2.45, 2.75) is 50.4 Å². The molecule has 0 amide bonds. The largest absolute Gasteiger partial charge is 0.514 e. The number of benzene rings is 1. The van der Waals surface area contributed by atoms with Crippen LogP contribution in [0.4, 0.5) is 10.5 Å². The molecule has 0 spiro atoms. The maximum absolute atomic E-state index is 12.0. The van der Waals surface area contributed by atoms with Gasteiger partial charge in [-0.25, -0.2) is 9.59 Å². The smallest absolute Gasteiger partial charge is 0.455 e. The quantitative estimate of drug-likeness (QED) is 0.135. The van der Waals surface area contributed by atoms with E-state index in [9.17, 15) is 19.7 Å². The van der Waals surface area contributed by atoms with Gasteiger partial charge >= 0.3 is 12.1 Å². The number of epoxide rings is 1. The Morgan fingerprint density at radius 1 is 1.35 bits per heavy atom. The Morgan fingerprint density at radius 3 is 2.81 bits per heavy atom. The molecule has 0 aromatic heterocycles. The van der Waals surface area contributed by atoms with Gasteiger partial charge in [-0.15, -0.1) is 0 Å². The molecular formula is C22H23NO8. The van der Waals surface area contributed by atoms with Gasteiger partial charge in [-0.1, -0.05) is 12.7 Å².